The Labute approximate surface area is 145 Å². The molecule has 2 unspecified atom stereocenters. The highest BCUT2D eigenvalue weighted by atomic mass is 32.1. The van der Waals surface area contributed by atoms with E-state index in [1.165, 1.54) is 16.2 Å². The number of aromatic nitrogens is 1. The van der Waals surface area contributed by atoms with Crippen LogP contribution in [-0.2, 0) is 16.1 Å². The summed E-state index contributed by atoms with van der Waals surface area (Å²) in [4.78, 5) is 44.2. The minimum absolute atomic E-state index is 0.0931. The summed E-state index contributed by atoms with van der Waals surface area (Å²) in [7, 11) is 1.65. The van der Waals surface area contributed by atoms with Crippen LogP contribution < -0.4 is 5.32 Å². The van der Waals surface area contributed by atoms with E-state index in [1.807, 2.05) is 12.3 Å². The van der Waals surface area contributed by atoms with E-state index in [1.54, 1.807) is 12.6 Å². The average Bonchev–Trinajstić information content (AvgIpc) is 3.13. The number of amides is 4. The van der Waals surface area contributed by atoms with Crippen molar-refractivity contribution >= 4 is 29.2 Å². The van der Waals surface area contributed by atoms with Crippen LogP contribution in [0.3, 0.4) is 0 Å². The van der Waals surface area contributed by atoms with Gasteiger partial charge in [-0.3, -0.25) is 14.5 Å². The molecule has 1 saturated carbocycles. The van der Waals surface area contributed by atoms with Gasteiger partial charge in [-0.2, -0.15) is 0 Å². The molecule has 8 heteroatoms. The molecule has 0 aromatic carbocycles. The fourth-order valence-electron chi connectivity index (χ4n) is 3.54. The molecule has 1 N–H and O–H groups in total. The molecule has 1 aromatic rings. The number of likely N-dealkylation sites (N-methyl/N-ethyl adjacent to an activating group) is 1. The van der Waals surface area contributed by atoms with Crippen LogP contribution in [0, 0.1) is 5.92 Å². The summed E-state index contributed by atoms with van der Waals surface area (Å²) < 4.78 is 0. The minimum Gasteiger partial charge on any atom is -0.338 e. The predicted molar refractivity (Wildman–Crippen MR) is 89.2 cm³/mol. The second-order valence-electron chi connectivity index (χ2n) is 6.67. The first-order valence-corrected chi connectivity index (χ1v) is 9.13. The Kier molecular flexibility index (Phi) is 4.58. The number of carbonyl (C=O) groups excluding carboxylic acids is 3. The molecule has 2 atom stereocenters. The highest BCUT2D eigenvalue weighted by Crippen LogP contribution is 2.38. The highest BCUT2D eigenvalue weighted by Gasteiger charge is 2.55. The Balaban J connectivity index is 1.67. The van der Waals surface area contributed by atoms with E-state index >= 15 is 0 Å². The van der Waals surface area contributed by atoms with Gasteiger partial charge in [0.2, 0.25) is 5.91 Å². The number of imide groups is 1. The third-order valence-corrected chi connectivity index (χ3v) is 5.74. The van der Waals surface area contributed by atoms with Gasteiger partial charge in [-0.05, 0) is 18.8 Å². The number of rotatable bonds is 4. The Bertz CT molecular complexity index is 648. The smallest absolute Gasteiger partial charge is 0.325 e. The van der Waals surface area contributed by atoms with Gasteiger partial charge in [0.15, 0.2) is 0 Å². The number of urea groups is 1. The number of hydrogen-bond acceptors (Lipinski definition) is 5. The van der Waals surface area contributed by atoms with E-state index in [-0.39, 0.29) is 24.3 Å². The SMILES string of the molecule is CC1CCCCC12NC(=O)N(CC(=O)N(C)Cc1cscn1)C2=O. The zero-order valence-corrected chi connectivity index (χ0v) is 14.8. The molecule has 1 aliphatic heterocycles. The lowest BCUT2D eigenvalue weighted by atomic mass is 9.73. The molecule has 1 saturated heterocycles. The summed E-state index contributed by atoms with van der Waals surface area (Å²) in [5.41, 5.74) is 1.69. The van der Waals surface area contributed by atoms with E-state index in [0.717, 1.165) is 29.9 Å². The lowest BCUT2D eigenvalue weighted by molar-refractivity contribution is -0.140. The van der Waals surface area contributed by atoms with Gasteiger partial charge in [-0.15, -0.1) is 11.3 Å². The van der Waals surface area contributed by atoms with E-state index < -0.39 is 11.6 Å². The summed E-state index contributed by atoms with van der Waals surface area (Å²) in [6.45, 7) is 2.14. The topological polar surface area (TPSA) is 82.6 Å². The molecule has 2 aliphatic rings. The van der Waals surface area contributed by atoms with Crippen molar-refractivity contribution < 1.29 is 14.4 Å². The summed E-state index contributed by atoms with van der Waals surface area (Å²) in [6.07, 6.45) is 3.55. The average molecular weight is 350 g/mol. The van der Waals surface area contributed by atoms with Crippen LogP contribution in [0.1, 0.15) is 38.3 Å². The third-order valence-electron chi connectivity index (χ3n) is 5.10. The number of hydrogen-bond donors (Lipinski definition) is 1. The Morgan fingerprint density at radius 2 is 2.29 bits per heavy atom. The number of nitrogens with one attached hydrogen (secondary N) is 1. The van der Waals surface area contributed by atoms with E-state index in [4.69, 9.17) is 0 Å². The van der Waals surface area contributed by atoms with Crippen molar-refractivity contribution in [3.05, 3.63) is 16.6 Å². The normalized spacial score (nSPS) is 26.8. The monoisotopic (exact) mass is 350 g/mol. The molecule has 130 valence electrons. The fraction of sp³-hybridized carbons (Fsp3) is 0.625. The molecule has 24 heavy (non-hydrogen) atoms. The van der Waals surface area contributed by atoms with Crippen LogP contribution in [0.5, 0.6) is 0 Å². The fourth-order valence-corrected chi connectivity index (χ4v) is 4.09. The van der Waals surface area contributed by atoms with Gasteiger partial charge in [-0.25, -0.2) is 9.78 Å². The molecule has 1 aromatic heterocycles. The second-order valence-corrected chi connectivity index (χ2v) is 7.39. The van der Waals surface area contributed by atoms with Gasteiger partial charge in [0.25, 0.3) is 5.91 Å². The van der Waals surface area contributed by atoms with Crippen molar-refractivity contribution in [2.24, 2.45) is 5.92 Å². The van der Waals surface area contributed by atoms with Gasteiger partial charge in [0, 0.05) is 12.4 Å². The van der Waals surface area contributed by atoms with Crippen LogP contribution in [0.4, 0.5) is 4.79 Å². The standard InChI is InChI=1S/C16H22N4O3S/c1-11-5-3-4-6-16(11)14(22)20(15(23)18-16)8-13(21)19(2)7-12-9-24-10-17-12/h9-11H,3-8H2,1-2H3,(H,18,23). The summed E-state index contributed by atoms with van der Waals surface area (Å²) in [6, 6.07) is -0.454. The summed E-state index contributed by atoms with van der Waals surface area (Å²) in [5, 5.41) is 4.74. The lowest BCUT2D eigenvalue weighted by Crippen LogP contribution is -2.54. The van der Waals surface area contributed by atoms with Crippen molar-refractivity contribution in [1.29, 1.82) is 0 Å². The zero-order chi connectivity index (χ0) is 17.3. The quantitative estimate of drug-likeness (QED) is 0.836. The molecular formula is C16H22N4O3S. The highest BCUT2D eigenvalue weighted by molar-refractivity contribution is 7.07. The van der Waals surface area contributed by atoms with E-state index in [2.05, 4.69) is 10.3 Å². The maximum Gasteiger partial charge on any atom is 0.325 e. The number of carbonyl (C=O) groups is 3. The van der Waals surface area contributed by atoms with Crippen LogP contribution in [0.15, 0.2) is 10.9 Å². The Morgan fingerprint density at radius 3 is 2.96 bits per heavy atom. The van der Waals surface area contributed by atoms with Gasteiger partial charge in [0.05, 0.1) is 17.7 Å². The molecule has 2 heterocycles. The van der Waals surface area contributed by atoms with Gasteiger partial charge in [0.1, 0.15) is 12.1 Å². The summed E-state index contributed by atoms with van der Waals surface area (Å²) >= 11 is 1.46. The Hall–Kier alpha value is -1.96. The molecule has 0 radical (unpaired) electrons. The van der Waals surface area contributed by atoms with Crippen molar-refractivity contribution in [3.8, 4) is 0 Å². The maximum absolute atomic E-state index is 12.8. The Morgan fingerprint density at radius 1 is 1.50 bits per heavy atom. The van der Waals surface area contributed by atoms with Crippen molar-refractivity contribution in [2.45, 2.75) is 44.7 Å². The molecule has 1 aliphatic carbocycles. The first-order chi connectivity index (χ1) is 11.4. The maximum atomic E-state index is 12.8. The first-order valence-electron chi connectivity index (χ1n) is 8.19. The molecule has 1 spiro atoms. The van der Waals surface area contributed by atoms with Crippen LogP contribution >= 0.6 is 11.3 Å². The van der Waals surface area contributed by atoms with Crippen molar-refractivity contribution in [1.82, 2.24) is 20.1 Å². The lowest BCUT2D eigenvalue weighted by Gasteiger charge is -2.36. The van der Waals surface area contributed by atoms with E-state index in [0.29, 0.717) is 13.0 Å². The number of thiazole rings is 1. The third kappa shape index (κ3) is 2.90. The molecule has 0 bridgehead atoms. The van der Waals surface area contributed by atoms with E-state index in [9.17, 15) is 14.4 Å². The zero-order valence-electron chi connectivity index (χ0n) is 13.9. The minimum atomic E-state index is -0.816. The molecule has 2 fully saturated rings. The summed E-state index contributed by atoms with van der Waals surface area (Å²) in [5.74, 6) is -0.433. The number of nitrogens with zero attached hydrogens (tertiary/aromatic N) is 3. The molecular weight excluding hydrogens is 328 g/mol. The predicted octanol–water partition coefficient (Wildman–Crippen LogP) is 1.60. The molecule has 3 rings (SSSR count). The van der Waals surface area contributed by atoms with Gasteiger partial charge >= 0.3 is 6.03 Å². The van der Waals surface area contributed by atoms with Crippen LogP contribution in [0.25, 0.3) is 0 Å². The molecule has 4 amide bonds. The van der Waals surface area contributed by atoms with Gasteiger partial charge < -0.3 is 10.2 Å². The van der Waals surface area contributed by atoms with Crippen LogP contribution in [-0.4, -0.2) is 51.8 Å². The first kappa shape index (κ1) is 16.9. The van der Waals surface area contributed by atoms with Crippen LogP contribution in [0.2, 0.25) is 0 Å². The largest absolute Gasteiger partial charge is 0.338 e. The second kappa shape index (κ2) is 6.51. The molecule has 7 nitrogen and oxygen atoms in total. The van der Waals surface area contributed by atoms with Gasteiger partial charge in [-0.1, -0.05) is 19.8 Å². The van der Waals surface area contributed by atoms with Crippen molar-refractivity contribution in [3.63, 3.8) is 0 Å². The van der Waals surface area contributed by atoms with Crippen molar-refractivity contribution in [2.75, 3.05) is 13.6 Å².